The Labute approximate surface area is 246 Å². The van der Waals surface area contributed by atoms with Crippen molar-refractivity contribution in [1.29, 1.82) is 5.26 Å². The second-order valence-electron chi connectivity index (χ2n) is 10.5. The van der Waals surface area contributed by atoms with Gasteiger partial charge in [0.15, 0.2) is 6.35 Å². The van der Waals surface area contributed by atoms with Crippen molar-refractivity contribution in [3.8, 4) is 17.2 Å². The van der Waals surface area contributed by atoms with E-state index >= 15 is 0 Å². The molecule has 2 aliphatic rings. The zero-order valence-corrected chi connectivity index (χ0v) is 24.3. The van der Waals surface area contributed by atoms with E-state index in [9.17, 15) is 15.5 Å². The van der Waals surface area contributed by atoms with E-state index in [4.69, 9.17) is 23.2 Å². The number of nitrogens with zero attached hydrogens (tertiary/aromatic N) is 5. The number of hydrogen-bond acceptors (Lipinski definition) is 8. The number of fused-ring (bicyclic) bond motifs is 2. The van der Waals surface area contributed by atoms with Crippen LogP contribution in [-0.4, -0.2) is 61.8 Å². The van der Waals surface area contributed by atoms with Gasteiger partial charge >= 0.3 is 0 Å². The summed E-state index contributed by atoms with van der Waals surface area (Å²) in [7, 11) is 0. The van der Waals surface area contributed by atoms with Crippen molar-refractivity contribution in [1.82, 2.24) is 24.7 Å². The fourth-order valence-corrected chi connectivity index (χ4v) is 7.57. The molecule has 2 unspecified atom stereocenters. The summed E-state index contributed by atoms with van der Waals surface area (Å²) in [6.07, 6.45) is 4.94. The van der Waals surface area contributed by atoms with Gasteiger partial charge in [-0.05, 0) is 69.3 Å². The van der Waals surface area contributed by atoms with Gasteiger partial charge in [0, 0.05) is 58.4 Å². The third kappa shape index (κ3) is 4.88. The first-order valence-electron chi connectivity index (χ1n) is 13.4. The van der Waals surface area contributed by atoms with Crippen LogP contribution in [0.25, 0.3) is 32.2 Å². The second kappa shape index (κ2) is 11.0. The van der Waals surface area contributed by atoms with Crippen molar-refractivity contribution >= 4 is 55.7 Å². The van der Waals surface area contributed by atoms with Crippen LogP contribution in [0.4, 0.5) is 0 Å². The van der Waals surface area contributed by atoms with Crippen molar-refractivity contribution in [2.75, 3.05) is 19.6 Å². The molecule has 4 aromatic rings. The van der Waals surface area contributed by atoms with Gasteiger partial charge in [0.2, 0.25) is 0 Å². The Kier molecular flexibility index (Phi) is 7.53. The Hall–Kier alpha value is -2.68. The molecule has 0 radical (unpaired) electrons. The number of pyridine rings is 1. The number of rotatable bonds is 6. The van der Waals surface area contributed by atoms with Gasteiger partial charge in [0.25, 0.3) is 0 Å². The van der Waals surface area contributed by atoms with Crippen molar-refractivity contribution in [3.63, 3.8) is 0 Å². The molecule has 5 heterocycles. The lowest BCUT2D eigenvalue weighted by Crippen LogP contribution is -2.54. The molecule has 0 amide bonds. The van der Waals surface area contributed by atoms with Gasteiger partial charge in [-0.2, -0.15) is 5.26 Å². The van der Waals surface area contributed by atoms with Gasteiger partial charge in [-0.25, -0.2) is 4.90 Å². The standard InChI is InChI=1S/C29H30Cl2N6O2S/c1-2-36-24(31)14-25(38)37(28(36)39)15-20-13-23-27(40-20)21(3-7-34-23)22-12-19(30)11-18-4-10-35(26(18)22)17-29(16-32)5-8-33-9-6-29/h3-4,7,10-14,25,28,33,38-39H,2,5-6,8-9,15,17H2,1H3. The van der Waals surface area contributed by atoms with Gasteiger partial charge in [0.05, 0.1) is 27.2 Å². The van der Waals surface area contributed by atoms with Crippen LogP contribution < -0.4 is 5.32 Å². The van der Waals surface area contributed by atoms with Crippen LogP contribution in [0.15, 0.2) is 54.0 Å². The normalized spacial score (nSPS) is 21.6. The summed E-state index contributed by atoms with van der Waals surface area (Å²) < 4.78 is 3.19. The number of halogens is 2. The van der Waals surface area contributed by atoms with E-state index in [1.54, 1.807) is 27.3 Å². The number of benzene rings is 1. The maximum atomic E-state index is 10.9. The van der Waals surface area contributed by atoms with E-state index in [1.165, 1.54) is 6.08 Å². The fraction of sp³-hybridized carbons (Fsp3) is 0.379. The van der Waals surface area contributed by atoms with Crippen molar-refractivity contribution < 1.29 is 10.2 Å². The zero-order valence-electron chi connectivity index (χ0n) is 22.0. The summed E-state index contributed by atoms with van der Waals surface area (Å²) in [5.74, 6) is 0. The molecule has 0 bridgehead atoms. The molecule has 0 saturated carbocycles. The molecule has 2 atom stereocenters. The summed E-state index contributed by atoms with van der Waals surface area (Å²) in [5, 5.41) is 37.0. The molecule has 0 aliphatic carbocycles. The molecule has 1 aromatic carbocycles. The number of piperidine rings is 1. The van der Waals surface area contributed by atoms with E-state index in [-0.39, 0.29) is 0 Å². The molecule has 1 fully saturated rings. The molecule has 6 rings (SSSR count). The van der Waals surface area contributed by atoms with E-state index in [1.807, 2.05) is 31.2 Å². The number of aliphatic hydroxyl groups is 2. The molecule has 208 valence electrons. The summed E-state index contributed by atoms with van der Waals surface area (Å²) >= 11 is 14.4. The highest BCUT2D eigenvalue weighted by Gasteiger charge is 2.34. The molecular formula is C29H30Cl2N6O2S. The number of thiophene rings is 1. The number of aliphatic hydroxyl groups excluding tert-OH is 2. The highest BCUT2D eigenvalue weighted by atomic mass is 35.5. The van der Waals surface area contributed by atoms with Gasteiger partial charge in [0.1, 0.15) is 11.4 Å². The molecule has 0 spiro atoms. The van der Waals surface area contributed by atoms with Gasteiger partial charge in [-0.1, -0.05) is 23.2 Å². The third-order valence-electron chi connectivity index (χ3n) is 8.00. The Bertz CT molecular complexity index is 1640. The summed E-state index contributed by atoms with van der Waals surface area (Å²) in [4.78, 5) is 8.78. The first kappa shape index (κ1) is 27.5. The number of hydrogen-bond donors (Lipinski definition) is 3. The lowest BCUT2D eigenvalue weighted by molar-refractivity contribution is -0.160. The average Bonchev–Trinajstić information content (AvgIpc) is 3.54. The largest absolute Gasteiger partial charge is 0.374 e. The molecule has 2 aliphatic heterocycles. The molecule has 8 nitrogen and oxygen atoms in total. The van der Waals surface area contributed by atoms with Crippen molar-refractivity contribution in [3.05, 3.63) is 63.9 Å². The summed E-state index contributed by atoms with van der Waals surface area (Å²) in [6.45, 7) is 5.02. The van der Waals surface area contributed by atoms with Crippen LogP contribution in [0, 0.1) is 16.7 Å². The van der Waals surface area contributed by atoms with Crippen molar-refractivity contribution in [2.45, 2.75) is 45.4 Å². The highest BCUT2D eigenvalue weighted by Crippen LogP contribution is 2.41. The fourth-order valence-electron chi connectivity index (χ4n) is 5.87. The van der Waals surface area contributed by atoms with Crippen LogP contribution >= 0.6 is 34.5 Å². The molecule has 3 N–H and O–H groups in total. The zero-order chi connectivity index (χ0) is 28.0. The lowest BCUT2D eigenvalue weighted by Gasteiger charge is -2.41. The third-order valence-corrected chi connectivity index (χ3v) is 9.71. The van der Waals surface area contributed by atoms with Crippen LogP contribution in [0.5, 0.6) is 0 Å². The van der Waals surface area contributed by atoms with E-state index < -0.39 is 18.0 Å². The molecule has 3 aromatic heterocycles. The average molecular weight is 598 g/mol. The minimum absolute atomic E-state index is 0.319. The second-order valence-corrected chi connectivity index (χ2v) is 12.4. The minimum atomic E-state index is -1.05. The Morgan fingerprint density at radius 1 is 1.18 bits per heavy atom. The van der Waals surface area contributed by atoms with Crippen LogP contribution in [0.2, 0.25) is 5.02 Å². The van der Waals surface area contributed by atoms with Crippen LogP contribution in [-0.2, 0) is 13.1 Å². The first-order chi connectivity index (χ1) is 19.3. The minimum Gasteiger partial charge on any atom is -0.374 e. The maximum absolute atomic E-state index is 10.9. The topological polar surface area (TPSA) is 101 Å². The van der Waals surface area contributed by atoms with Crippen LogP contribution in [0.3, 0.4) is 0 Å². The summed E-state index contributed by atoms with van der Waals surface area (Å²) in [6, 6.07) is 12.6. The summed E-state index contributed by atoms with van der Waals surface area (Å²) in [5.41, 5.74) is 3.44. The smallest absolute Gasteiger partial charge is 0.189 e. The van der Waals surface area contributed by atoms with Crippen molar-refractivity contribution in [2.24, 2.45) is 5.41 Å². The SMILES string of the molecule is CCN1C(Cl)=CC(O)N(Cc2cc3nccc(-c4cc(Cl)cc5ccn(CC6(C#N)CCNCC6)c45)c3s2)C1O. The molecule has 1 saturated heterocycles. The van der Waals surface area contributed by atoms with Gasteiger partial charge in [-0.15, -0.1) is 11.3 Å². The lowest BCUT2D eigenvalue weighted by atomic mass is 9.80. The van der Waals surface area contributed by atoms with E-state index in [0.717, 1.165) is 63.1 Å². The van der Waals surface area contributed by atoms with Gasteiger partial charge < -0.3 is 25.0 Å². The number of nitrogens with one attached hydrogen (secondary N) is 1. The van der Waals surface area contributed by atoms with Gasteiger partial charge in [-0.3, -0.25) is 4.98 Å². The molecular weight excluding hydrogens is 567 g/mol. The maximum Gasteiger partial charge on any atom is 0.189 e. The Morgan fingerprint density at radius 3 is 2.73 bits per heavy atom. The molecule has 40 heavy (non-hydrogen) atoms. The predicted molar refractivity (Wildman–Crippen MR) is 160 cm³/mol. The highest BCUT2D eigenvalue weighted by molar-refractivity contribution is 7.19. The molecule has 11 heteroatoms. The Morgan fingerprint density at radius 2 is 1.98 bits per heavy atom. The Balaban J connectivity index is 1.41. The number of nitriles is 1. The predicted octanol–water partition coefficient (Wildman–Crippen LogP) is 5.28. The van der Waals surface area contributed by atoms with Crippen LogP contribution in [0.1, 0.15) is 24.6 Å². The first-order valence-corrected chi connectivity index (χ1v) is 14.9. The number of aromatic nitrogens is 2. The van der Waals surface area contributed by atoms with E-state index in [2.05, 4.69) is 33.2 Å². The quantitative estimate of drug-likeness (QED) is 0.260. The van der Waals surface area contributed by atoms with E-state index in [0.29, 0.717) is 29.8 Å². The monoisotopic (exact) mass is 596 g/mol.